The average molecular weight is 289 g/mol. The van der Waals surface area contributed by atoms with Gasteiger partial charge in [-0.25, -0.2) is 9.97 Å². The van der Waals surface area contributed by atoms with E-state index in [2.05, 4.69) is 24.3 Å². The fourth-order valence-electron chi connectivity index (χ4n) is 2.22. The third kappa shape index (κ3) is 2.52. The average Bonchev–Trinajstić information content (AvgIpc) is 3.12. The van der Waals surface area contributed by atoms with Gasteiger partial charge in [0.15, 0.2) is 5.82 Å². The highest BCUT2D eigenvalue weighted by Gasteiger charge is 2.20. The molecular formula is C14H19N5S. The van der Waals surface area contributed by atoms with Gasteiger partial charge in [0, 0.05) is 36.4 Å². The number of nitrogens with one attached hydrogen (secondary N) is 1. The van der Waals surface area contributed by atoms with E-state index in [0.29, 0.717) is 0 Å². The standard InChI is InChI=1S/C14H19N5S/c1-3-5-15-14-11-8-20-9-12(11)17-13(18-14)10-6-16-19(4-2)7-10/h6-7H,3-5,8-9H2,1-2H3,(H,15,17,18). The summed E-state index contributed by atoms with van der Waals surface area (Å²) in [6.45, 7) is 6.05. The SMILES string of the molecule is CCCNc1nc(-c2cnn(CC)c2)nc2c1CSC2. The van der Waals surface area contributed by atoms with Gasteiger partial charge in [0.05, 0.1) is 17.5 Å². The van der Waals surface area contributed by atoms with E-state index in [1.807, 2.05) is 28.8 Å². The fraction of sp³-hybridized carbons (Fsp3) is 0.500. The van der Waals surface area contributed by atoms with Crippen molar-refractivity contribution in [1.29, 1.82) is 0 Å². The third-order valence-corrected chi connectivity index (χ3v) is 4.31. The molecule has 1 N–H and O–H groups in total. The lowest BCUT2D eigenvalue weighted by Gasteiger charge is -2.10. The van der Waals surface area contributed by atoms with E-state index in [4.69, 9.17) is 9.97 Å². The first-order valence-corrected chi connectivity index (χ1v) is 8.21. The highest BCUT2D eigenvalue weighted by atomic mass is 32.2. The lowest BCUT2D eigenvalue weighted by Crippen LogP contribution is -2.08. The number of hydrogen-bond acceptors (Lipinski definition) is 5. The van der Waals surface area contributed by atoms with Gasteiger partial charge in [-0.2, -0.15) is 16.9 Å². The highest BCUT2D eigenvalue weighted by Crippen LogP contribution is 2.34. The Balaban J connectivity index is 1.99. The van der Waals surface area contributed by atoms with Gasteiger partial charge in [0.2, 0.25) is 0 Å². The van der Waals surface area contributed by atoms with Crippen LogP contribution < -0.4 is 5.32 Å². The molecule has 1 aliphatic heterocycles. The molecule has 3 rings (SSSR count). The van der Waals surface area contributed by atoms with Crippen LogP contribution in [0.4, 0.5) is 5.82 Å². The number of rotatable bonds is 5. The second-order valence-corrected chi connectivity index (χ2v) is 5.81. The van der Waals surface area contributed by atoms with Gasteiger partial charge in [0.25, 0.3) is 0 Å². The number of anilines is 1. The zero-order valence-corrected chi connectivity index (χ0v) is 12.7. The largest absolute Gasteiger partial charge is 0.370 e. The first kappa shape index (κ1) is 13.4. The van der Waals surface area contributed by atoms with Crippen LogP contribution in [0.5, 0.6) is 0 Å². The molecule has 0 bridgehead atoms. The Morgan fingerprint density at radius 3 is 2.95 bits per heavy atom. The molecule has 2 aromatic rings. The molecule has 0 saturated heterocycles. The summed E-state index contributed by atoms with van der Waals surface area (Å²) < 4.78 is 1.90. The Morgan fingerprint density at radius 2 is 2.20 bits per heavy atom. The molecule has 106 valence electrons. The van der Waals surface area contributed by atoms with Crippen molar-refractivity contribution in [3.63, 3.8) is 0 Å². The molecule has 5 nitrogen and oxygen atoms in total. The normalized spacial score (nSPS) is 13.5. The molecule has 20 heavy (non-hydrogen) atoms. The quantitative estimate of drug-likeness (QED) is 0.917. The van der Waals surface area contributed by atoms with E-state index < -0.39 is 0 Å². The maximum atomic E-state index is 4.71. The number of fused-ring (bicyclic) bond motifs is 1. The van der Waals surface area contributed by atoms with Crippen molar-refractivity contribution >= 4 is 17.6 Å². The molecule has 1 aliphatic rings. The molecular weight excluding hydrogens is 270 g/mol. The molecule has 0 spiro atoms. The summed E-state index contributed by atoms with van der Waals surface area (Å²) >= 11 is 1.90. The summed E-state index contributed by atoms with van der Waals surface area (Å²) in [6.07, 6.45) is 4.94. The zero-order valence-electron chi connectivity index (χ0n) is 11.9. The molecule has 0 saturated carbocycles. The van der Waals surface area contributed by atoms with Crippen molar-refractivity contribution in [2.75, 3.05) is 11.9 Å². The third-order valence-electron chi connectivity index (χ3n) is 3.34. The second-order valence-electron chi connectivity index (χ2n) is 4.83. The summed E-state index contributed by atoms with van der Waals surface area (Å²) in [7, 11) is 0. The van der Waals surface area contributed by atoms with Crippen LogP contribution in [0.1, 0.15) is 31.5 Å². The topological polar surface area (TPSA) is 55.6 Å². The molecule has 0 radical (unpaired) electrons. The van der Waals surface area contributed by atoms with Crippen molar-refractivity contribution in [2.24, 2.45) is 0 Å². The van der Waals surface area contributed by atoms with Gasteiger partial charge < -0.3 is 5.32 Å². The van der Waals surface area contributed by atoms with Gasteiger partial charge in [0.1, 0.15) is 5.82 Å². The number of aryl methyl sites for hydroxylation is 1. The predicted octanol–water partition coefficient (Wildman–Crippen LogP) is 2.93. The summed E-state index contributed by atoms with van der Waals surface area (Å²) in [5.74, 6) is 3.77. The maximum Gasteiger partial charge on any atom is 0.164 e. The molecule has 6 heteroatoms. The van der Waals surface area contributed by atoms with Gasteiger partial charge in [-0.1, -0.05) is 6.92 Å². The van der Waals surface area contributed by atoms with Gasteiger partial charge in [-0.05, 0) is 13.3 Å². The van der Waals surface area contributed by atoms with E-state index in [9.17, 15) is 0 Å². The van der Waals surface area contributed by atoms with Crippen LogP contribution in [-0.2, 0) is 18.1 Å². The molecule has 0 atom stereocenters. The summed E-state index contributed by atoms with van der Waals surface area (Å²) in [6, 6.07) is 0. The fourth-order valence-corrected chi connectivity index (χ4v) is 3.26. The minimum Gasteiger partial charge on any atom is -0.370 e. The Bertz CT molecular complexity index is 608. The first-order valence-electron chi connectivity index (χ1n) is 7.06. The molecule has 0 amide bonds. The Labute approximate surface area is 123 Å². The number of hydrogen-bond donors (Lipinski definition) is 1. The summed E-state index contributed by atoms with van der Waals surface area (Å²) in [4.78, 5) is 9.43. The molecule has 0 aliphatic carbocycles. The van der Waals surface area contributed by atoms with Crippen molar-refractivity contribution in [2.45, 2.75) is 38.3 Å². The van der Waals surface area contributed by atoms with Crippen LogP contribution in [0.15, 0.2) is 12.4 Å². The minimum atomic E-state index is 0.782. The molecule has 2 aromatic heterocycles. The van der Waals surface area contributed by atoms with Crippen LogP contribution in [0.2, 0.25) is 0 Å². The maximum absolute atomic E-state index is 4.71. The lowest BCUT2D eigenvalue weighted by atomic mass is 10.2. The smallest absolute Gasteiger partial charge is 0.164 e. The van der Waals surface area contributed by atoms with E-state index in [1.165, 1.54) is 11.3 Å². The Hall–Kier alpha value is -1.56. The van der Waals surface area contributed by atoms with Crippen molar-refractivity contribution < 1.29 is 0 Å². The Kier molecular flexibility index (Phi) is 3.91. The second kappa shape index (κ2) is 5.83. The van der Waals surface area contributed by atoms with Crippen LogP contribution in [-0.4, -0.2) is 26.3 Å². The molecule has 3 heterocycles. The molecule has 0 fully saturated rings. The predicted molar refractivity (Wildman–Crippen MR) is 82.7 cm³/mol. The van der Waals surface area contributed by atoms with E-state index >= 15 is 0 Å². The number of nitrogens with zero attached hydrogens (tertiary/aromatic N) is 4. The number of thioether (sulfide) groups is 1. The monoisotopic (exact) mass is 289 g/mol. The van der Waals surface area contributed by atoms with Crippen LogP contribution in [0.25, 0.3) is 11.4 Å². The number of aromatic nitrogens is 4. The van der Waals surface area contributed by atoms with E-state index in [-0.39, 0.29) is 0 Å². The lowest BCUT2D eigenvalue weighted by molar-refractivity contribution is 0.660. The highest BCUT2D eigenvalue weighted by molar-refractivity contribution is 7.98. The van der Waals surface area contributed by atoms with Crippen molar-refractivity contribution in [3.8, 4) is 11.4 Å². The van der Waals surface area contributed by atoms with Crippen LogP contribution in [0.3, 0.4) is 0 Å². The first-order chi connectivity index (χ1) is 9.81. The van der Waals surface area contributed by atoms with Gasteiger partial charge in [-0.3, -0.25) is 4.68 Å². The van der Waals surface area contributed by atoms with Crippen LogP contribution in [0, 0.1) is 0 Å². The van der Waals surface area contributed by atoms with E-state index in [0.717, 1.165) is 48.2 Å². The van der Waals surface area contributed by atoms with E-state index in [1.54, 1.807) is 0 Å². The molecule has 0 aromatic carbocycles. The molecule has 0 unspecified atom stereocenters. The Morgan fingerprint density at radius 1 is 1.30 bits per heavy atom. The van der Waals surface area contributed by atoms with Crippen molar-refractivity contribution in [3.05, 3.63) is 23.7 Å². The summed E-state index contributed by atoms with van der Waals surface area (Å²) in [5.41, 5.74) is 3.43. The minimum absolute atomic E-state index is 0.782. The van der Waals surface area contributed by atoms with Gasteiger partial charge in [-0.15, -0.1) is 0 Å². The van der Waals surface area contributed by atoms with Crippen LogP contribution >= 0.6 is 11.8 Å². The zero-order chi connectivity index (χ0) is 13.9. The van der Waals surface area contributed by atoms with Crippen molar-refractivity contribution in [1.82, 2.24) is 19.7 Å². The summed E-state index contributed by atoms with van der Waals surface area (Å²) in [5, 5.41) is 7.74. The van der Waals surface area contributed by atoms with Gasteiger partial charge >= 0.3 is 0 Å².